The van der Waals surface area contributed by atoms with E-state index in [0.29, 0.717) is 20.5 Å². The number of hydrazine groups is 1. The Morgan fingerprint density at radius 2 is 1.81 bits per heavy atom. The van der Waals surface area contributed by atoms with Crippen LogP contribution in [0.2, 0.25) is 0 Å². The van der Waals surface area contributed by atoms with Gasteiger partial charge in [0.25, 0.3) is 11.8 Å². The highest BCUT2D eigenvalue weighted by Crippen LogP contribution is 2.30. The summed E-state index contributed by atoms with van der Waals surface area (Å²) in [6.45, 7) is 1.73. The maximum absolute atomic E-state index is 13.1. The summed E-state index contributed by atoms with van der Waals surface area (Å²) in [7, 11) is 0. The average molecular weight is 401 g/mol. The van der Waals surface area contributed by atoms with E-state index >= 15 is 0 Å². The van der Waals surface area contributed by atoms with Crippen LogP contribution in [0.5, 0.6) is 0 Å². The van der Waals surface area contributed by atoms with E-state index in [4.69, 9.17) is 0 Å². The molecule has 5 nitrogen and oxygen atoms in total. The minimum absolute atomic E-state index is 0.316. The first-order chi connectivity index (χ1) is 13.0. The first kappa shape index (κ1) is 17.8. The molecule has 4 rings (SSSR count). The van der Waals surface area contributed by atoms with Crippen molar-refractivity contribution in [3.05, 3.63) is 62.0 Å². The number of benzene rings is 1. The number of thiophene rings is 1. The molecule has 1 aliphatic rings. The number of fused-ring (bicyclic) bond motifs is 1. The SMILES string of the molecule is Cc1nc(-c2ccc(F)cc2)sc1C(=O)NNC(=O)c1cc2c(s1)CCC2. The number of nitrogens with one attached hydrogen (secondary N) is 2. The molecule has 3 aromatic rings. The lowest BCUT2D eigenvalue weighted by Gasteiger charge is -2.05. The molecule has 2 heterocycles. The van der Waals surface area contributed by atoms with E-state index in [0.717, 1.165) is 24.8 Å². The monoisotopic (exact) mass is 401 g/mol. The van der Waals surface area contributed by atoms with Gasteiger partial charge in [0.1, 0.15) is 15.7 Å². The highest BCUT2D eigenvalue weighted by atomic mass is 32.1. The van der Waals surface area contributed by atoms with Gasteiger partial charge in [-0.15, -0.1) is 22.7 Å². The molecule has 8 heteroatoms. The van der Waals surface area contributed by atoms with Crippen LogP contribution in [-0.4, -0.2) is 16.8 Å². The second-order valence-electron chi connectivity index (χ2n) is 6.26. The van der Waals surface area contributed by atoms with Gasteiger partial charge < -0.3 is 0 Å². The number of aryl methyl sites for hydroxylation is 3. The Morgan fingerprint density at radius 1 is 1.07 bits per heavy atom. The minimum Gasteiger partial charge on any atom is -0.266 e. The fourth-order valence-corrected chi connectivity index (χ4v) is 5.11. The van der Waals surface area contributed by atoms with Crippen molar-refractivity contribution >= 4 is 34.5 Å². The Labute approximate surface area is 163 Å². The van der Waals surface area contributed by atoms with Crippen LogP contribution in [0.4, 0.5) is 4.39 Å². The van der Waals surface area contributed by atoms with Gasteiger partial charge in [-0.1, -0.05) is 0 Å². The maximum Gasteiger partial charge on any atom is 0.281 e. The predicted octanol–water partition coefficient (Wildman–Crippen LogP) is 3.88. The topological polar surface area (TPSA) is 71.1 Å². The molecule has 0 fully saturated rings. The van der Waals surface area contributed by atoms with E-state index in [1.165, 1.54) is 45.2 Å². The number of halogens is 1. The molecule has 0 atom stereocenters. The summed E-state index contributed by atoms with van der Waals surface area (Å²) < 4.78 is 13.1. The van der Waals surface area contributed by atoms with Crippen LogP contribution >= 0.6 is 22.7 Å². The van der Waals surface area contributed by atoms with Gasteiger partial charge in [-0.3, -0.25) is 20.4 Å². The molecule has 0 bridgehead atoms. The third-order valence-corrected chi connectivity index (χ3v) is 6.80. The number of carbonyl (C=O) groups is 2. The van der Waals surface area contributed by atoms with Crippen LogP contribution in [0.1, 0.15) is 41.9 Å². The number of hydrogen-bond donors (Lipinski definition) is 2. The summed E-state index contributed by atoms with van der Waals surface area (Å²) in [4.78, 5) is 31.3. The number of thiazole rings is 1. The number of rotatable bonds is 3. The van der Waals surface area contributed by atoms with Crippen molar-refractivity contribution in [3.63, 3.8) is 0 Å². The van der Waals surface area contributed by atoms with Crippen molar-refractivity contribution in [2.45, 2.75) is 26.2 Å². The first-order valence-electron chi connectivity index (χ1n) is 8.47. The summed E-state index contributed by atoms with van der Waals surface area (Å²) in [6, 6.07) is 7.84. The third kappa shape index (κ3) is 3.63. The Kier molecular flexibility index (Phi) is 4.75. The van der Waals surface area contributed by atoms with Gasteiger partial charge in [0, 0.05) is 10.4 Å². The average Bonchev–Trinajstić information content (AvgIpc) is 3.34. The highest BCUT2D eigenvalue weighted by Gasteiger charge is 2.20. The van der Waals surface area contributed by atoms with Crippen molar-refractivity contribution in [1.29, 1.82) is 0 Å². The lowest BCUT2D eigenvalue weighted by molar-refractivity contribution is 0.0850. The van der Waals surface area contributed by atoms with Gasteiger partial charge >= 0.3 is 0 Å². The van der Waals surface area contributed by atoms with E-state index in [1.54, 1.807) is 19.1 Å². The lowest BCUT2D eigenvalue weighted by Crippen LogP contribution is -2.41. The van der Waals surface area contributed by atoms with Crippen LogP contribution in [-0.2, 0) is 12.8 Å². The number of aromatic nitrogens is 1. The highest BCUT2D eigenvalue weighted by molar-refractivity contribution is 7.17. The van der Waals surface area contributed by atoms with Gasteiger partial charge in [0.15, 0.2) is 0 Å². The molecule has 0 radical (unpaired) electrons. The van der Waals surface area contributed by atoms with Crippen molar-refractivity contribution < 1.29 is 14.0 Å². The van der Waals surface area contributed by atoms with Gasteiger partial charge in [-0.05, 0) is 62.1 Å². The number of carbonyl (C=O) groups excluding carboxylic acids is 2. The molecular formula is C19H16FN3O2S2. The zero-order valence-electron chi connectivity index (χ0n) is 14.5. The molecule has 1 aromatic carbocycles. The van der Waals surface area contributed by atoms with Gasteiger partial charge in [-0.25, -0.2) is 9.37 Å². The summed E-state index contributed by atoms with van der Waals surface area (Å²) >= 11 is 2.68. The second-order valence-corrected chi connectivity index (χ2v) is 8.40. The molecule has 0 unspecified atom stereocenters. The van der Waals surface area contributed by atoms with Crippen LogP contribution in [0.25, 0.3) is 10.6 Å². The molecule has 2 aromatic heterocycles. The molecule has 27 heavy (non-hydrogen) atoms. The summed E-state index contributed by atoms with van der Waals surface area (Å²) in [5.74, 6) is -1.06. The standard InChI is InChI=1S/C19H16FN3O2S2/c1-10-16(27-19(21-10)11-5-7-13(20)8-6-11)18(25)23-22-17(24)15-9-12-3-2-4-14(12)26-15/h5-9H,2-4H2,1H3,(H,22,24)(H,23,25). The first-order valence-corrected chi connectivity index (χ1v) is 10.1. The molecule has 2 amide bonds. The quantitative estimate of drug-likeness (QED) is 0.654. The molecule has 0 saturated carbocycles. The van der Waals surface area contributed by atoms with E-state index in [-0.39, 0.29) is 11.7 Å². The van der Waals surface area contributed by atoms with Gasteiger partial charge in [0.2, 0.25) is 0 Å². The molecular weight excluding hydrogens is 385 g/mol. The minimum atomic E-state index is -0.421. The summed E-state index contributed by atoms with van der Waals surface area (Å²) in [6.07, 6.45) is 3.17. The molecule has 2 N–H and O–H groups in total. The summed E-state index contributed by atoms with van der Waals surface area (Å²) in [5, 5.41) is 0.624. The molecule has 0 saturated heterocycles. The Morgan fingerprint density at radius 3 is 2.56 bits per heavy atom. The second kappa shape index (κ2) is 7.21. The van der Waals surface area contributed by atoms with Crippen LogP contribution in [0.3, 0.4) is 0 Å². The van der Waals surface area contributed by atoms with Gasteiger partial charge in [0.05, 0.1) is 10.6 Å². The van der Waals surface area contributed by atoms with E-state index in [9.17, 15) is 14.0 Å². The van der Waals surface area contributed by atoms with Crippen LogP contribution in [0, 0.1) is 12.7 Å². The molecule has 1 aliphatic carbocycles. The van der Waals surface area contributed by atoms with E-state index < -0.39 is 5.91 Å². The van der Waals surface area contributed by atoms with Crippen LogP contribution in [0.15, 0.2) is 30.3 Å². The Balaban J connectivity index is 1.43. The summed E-state index contributed by atoms with van der Waals surface area (Å²) in [5.41, 5.74) is 7.45. The number of nitrogens with zero attached hydrogens (tertiary/aromatic N) is 1. The molecule has 0 aliphatic heterocycles. The number of amides is 2. The fourth-order valence-electron chi connectivity index (χ4n) is 3.00. The fraction of sp³-hybridized carbons (Fsp3) is 0.211. The maximum atomic E-state index is 13.1. The lowest BCUT2D eigenvalue weighted by atomic mass is 10.2. The molecule has 138 valence electrons. The normalized spacial score (nSPS) is 12.7. The number of hydrogen-bond acceptors (Lipinski definition) is 5. The van der Waals surface area contributed by atoms with Crippen molar-refractivity contribution in [2.24, 2.45) is 0 Å². The van der Waals surface area contributed by atoms with Crippen molar-refractivity contribution in [3.8, 4) is 10.6 Å². The zero-order chi connectivity index (χ0) is 19.0. The zero-order valence-corrected chi connectivity index (χ0v) is 16.1. The molecule has 0 spiro atoms. The third-order valence-electron chi connectivity index (χ3n) is 4.35. The largest absolute Gasteiger partial charge is 0.281 e. The van der Waals surface area contributed by atoms with Crippen molar-refractivity contribution in [1.82, 2.24) is 15.8 Å². The van der Waals surface area contributed by atoms with Crippen molar-refractivity contribution in [2.75, 3.05) is 0 Å². The predicted molar refractivity (Wildman–Crippen MR) is 104 cm³/mol. The Bertz CT molecular complexity index is 1000. The van der Waals surface area contributed by atoms with Crippen LogP contribution < -0.4 is 10.9 Å². The van der Waals surface area contributed by atoms with E-state index in [2.05, 4.69) is 15.8 Å². The smallest absolute Gasteiger partial charge is 0.266 e. The Hall–Kier alpha value is -2.58. The van der Waals surface area contributed by atoms with E-state index in [1.807, 2.05) is 6.07 Å². The van der Waals surface area contributed by atoms with Gasteiger partial charge in [-0.2, -0.15) is 0 Å².